The molecule has 0 amide bonds. The molecule has 0 aliphatic carbocycles. The average molecular weight is 288 g/mol. The molecule has 0 spiro atoms. The third-order valence-corrected chi connectivity index (χ3v) is 3.67. The van der Waals surface area contributed by atoms with Crippen LogP contribution in [0.25, 0.3) is 0 Å². The second kappa shape index (κ2) is 6.76. The fourth-order valence-electron chi connectivity index (χ4n) is 2.32. The number of fused-ring (bicyclic) bond motifs is 1. The Morgan fingerprint density at radius 3 is 2.39 bits per heavy atom. The second-order valence-corrected chi connectivity index (χ2v) is 6.00. The first kappa shape index (κ1) is 17.2. The Kier molecular flexibility index (Phi) is 6.48. The zero-order valence-corrected chi connectivity index (χ0v) is 14.2. The Balaban J connectivity index is 0.00000162. The van der Waals surface area contributed by atoms with Crippen molar-refractivity contribution in [1.29, 1.82) is 0 Å². The maximum atomic E-state index is 10.6. The molecule has 8 heteroatoms. The summed E-state index contributed by atoms with van der Waals surface area (Å²) in [6, 6.07) is 0. The van der Waals surface area contributed by atoms with E-state index in [9.17, 15) is 9.79 Å². The molecule has 100 valence electrons. The minimum absolute atomic E-state index is 0. The summed E-state index contributed by atoms with van der Waals surface area (Å²) >= 11 is 0. The van der Waals surface area contributed by atoms with Crippen LogP contribution in [-0.2, 0) is 18.9 Å². The van der Waals surface area contributed by atoms with Gasteiger partial charge < -0.3 is 28.7 Å². The molecule has 2 heterocycles. The van der Waals surface area contributed by atoms with Gasteiger partial charge in [0, 0.05) is 19.7 Å². The Labute approximate surface area is 130 Å². The summed E-state index contributed by atoms with van der Waals surface area (Å²) in [5.41, 5.74) is 0. The van der Waals surface area contributed by atoms with Crippen molar-refractivity contribution in [2.75, 3.05) is 13.3 Å². The molecule has 0 saturated carbocycles. The molecule has 2 aliphatic rings. The Morgan fingerprint density at radius 2 is 1.83 bits per heavy atom. The third kappa shape index (κ3) is 3.85. The SMILES string of the molecule is CO[C@@H]1O[C@H](CC[PH+]([O-])[O-])[C@H]2OC(C)(C)O[C@@H]12.[Na+]. The smallest absolute Gasteiger partial charge is 0.685 e. The Hall–Kier alpha value is 1.19. The van der Waals surface area contributed by atoms with Crippen LogP contribution < -0.4 is 39.3 Å². The fraction of sp³-hybridized carbons (Fsp3) is 1.00. The largest absolute Gasteiger partial charge is 1.00 e. The molecule has 0 radical (unpaired) electrons. The molecule has 2 saturated heterocycles. The summed E-state index contributed by atoms with van der Waals surface area (Å²) in [6.07, 6.45) is -0.763. The van der Waals surface area contributed by atoms with E-state index >= 15 is 0 Å². The molecule has 2 rings (SSSR count). The van der Waals surface area contributed by atoms with Crippen molar-refractivity contribution in [3.63, 3.8) is 0 Å². The van der Waals surface area contributed by atoms with E-state index in [4.69, 9.17) is 18.9 Å². The van der Waals surface area contributed by atoms with E-state index in [0.717, 1.165) is 0 Å². The minimum Gasteiger partial charge on any atom is -0.685 e. The van der Waals surface area contributed by atoms with Crippen LogP contribution in [0.2, 0.25) is 0 Å². The van der Waals surface area contributed by atoms with Crippen molar-refractivity contribution in [3.05, 3.63) is 0 Å². The van der Waals surface area contributed by atoms with Gasteiger partial charge in [-0.2, -0.15) is 0 Å². The number of methoxy groups -OCH3 is 1. The van der Waals surface area contributed by atoms with E-state index in [1.807, 2.05) is 13.8 Å². The van der Waals surface area contributed by atoms with Gasteiger partial charge in [-0.1, -0.05) is 0 Å². The normalized spacial score (nSPS) is 37.7. The van der Waals surface area contributed by atoms with Crippen LogP contribution >= 0.6 is 8.38 Å². The number of hydrogen-bond acceptors (Lipinski definition) is 6. The van der Waals surface area contributed by atoms with Crippen LogP contribution in [-0.4, -0.2) is 43.7 Å². The van der Waals surface area contributed by atoms with Gasteiger partial charge in [-0.25, -0.2) is 0 Å². The quantitative estimate of drug-likeness (QED) is 0.388. The average Bonchev–Trinajstić information content (AvgIpc) is 2.68. The van der Waals surface area contributed by atoms with Crippen LogP contribution in [0.5, 0.6) is 0 Å². The van der Waals surface area contributed by atoms with E-state index in [1.165, 1.54) is 7.11 Å². The Bertz CT molecular complexity index is 277. The predicted octanol–water partition coefficient (Wildman–Crippen LogP) is -3.96. The van der Waals surface area contributed by atoms with Crippen molar-refractivity contribution in [2.45, 2.75) is 50.7 Å². The number of rotatable bonds is 4. The summed E-state index contributed by atoms with van der Waals surface area (Å²) in [6.45, 7) is 3.65. The van der Waals surface area contributed by atoms with Gasteiger partial charge >= 0.3 is 29.6 Å². The van der Waals surface area contributed by atoms with Gasteiger partial charge in [0.25, 0.3) is 0 Å². The van der Waals surface area contributed by atoms with Crippen molar-refractivity contribution in [1.82, 2.24) is 0 Å². The van der Waals surface area contributed by atoms with Gasteiger partial charge in [0.1, 0.15) is 12.2 Å². The van der Waals surface area contributed by atoms with Gasteiger partial charge in [0.05, 0.1) is 6.10 Å². The molecule has 0 aromatic heterocycles. The first-order chi connectivity index (χ1) is 7.93. The zero-order valence-electron chi connectivity index (χ0n) is 11.2. The van der Waals surface area contributed by atoms with Crippen molar-refractivity contribution in [2.24, 2.45) is 0 Å². The predicted molar refractivity (Wildman–Crippen MR) is 57.3 cm³/mol. The van der Waals surface area contributed by atoms with Crippen LogP contribution in [0.1, 0.15) is 20.3 Å². The monoisotopic (exact) mass is 288 g/mol. The van der Waals surface area contributed by atoms with Crippen LogP contribution in [0.15, 0.2) is 0 Å². The fourth-order valence-corrected chi connectivity index (χ4v) is 2.84. The molecular formula is C10H18NaO6P. The van der Waals surface area contributed by atoms with Crippen LogP contribution in [0, 0.1) is 0 Å². The van der Waals surface area contributed by atoms with Gasteiger partial charge in [0.15, 0.2) is 12.1 Å². The number of ether oxygens (including phenoxy) is 4. The van der Waals surface area contributed by atoms with Crippen molar-refractivity contribution in [3.8, 4) is 0 Å². The summed E-state index contributed by atoms with van der Waals surface area (Å²) < 4.78 is 22.2. The molecule has 0 N–H and O–H groups in total. The molecule has 0 bridgehead atoms. The molecule has 0 aromatic rings. The van der Waals surface area contributed by atoms with E-state index in [2.05, 4.69) is 0 Å². The zero-order chi connectivity index (χ0) is 12.6. The summed E-state index contributed by atoms with van der Waals surface area (Å²) in [5.74, 6) is -0.670. The van der Waals surface area contributed by atoms with Crippen molar-refractivity contribution >= 4 is 8.38 Å². The van der Waals surface area contributed by atoms with Gasteiger partial charge in [-0.05, 0) is 13.8 Å². The molecular weight excluding hydrogens is 270 g/mol. The second-order valence-electron chi connectivity index (χ2n) is 4.75. The topological polar surface area (TPSA) is 83.0 Å². The summed E-state index contributed by atoms with van der Waals surface area (Å²) in [7, 11) is -1.18. The maximum Gasteiger partial charge on any atom is 1.00 e. The van der Waals surface area contributed by atoms with Gasteiger partial charge in [-0.15, -0.1) is 8.38 Å². The molecule has 2 aliphatic heterocycles. The van der Waals surface area contributed by atoms with Crippen molar-refractivity contribution < 1.29 is 58.3 Å². The molecule has 0 aromatic carbocycles. The van der Waals surface area contributed by atoms with E-state index < -0.39 is 20.5 Å². The van der Waals surface area contributed by atoms with Crippen LogP contribution in [0.3, 0.4) is 0 Å². The first-order valence-electron chi connectivity index (χ1n) is 5.67. The molecule has 2 fully saturated rings. The van der Waals surface area contributed by atoms with Gasteiger partial charge in [-0.3, -0.25) is 0 Å². The molecule has 18 heavy (non-hydrogen) atoms. The molecule has 0 unspecified atom stereocenters. The minimum atomic E-state index is -2.72. The Morgan fingerprint density at radius 1 is 1.22 bits per heavy atom. The third-order valence-electron chi connectivity index (χ3n) is 2.97. The maximum absolute atomic E-state index is 10.6. The van der Waals surface area contributed by atoms with E-state index in [0.29, 0.717) is 6.42 Å². The van der Waals surface area contributed by atoms with E-state index in [-0.39, 0.29) is 54.0 Å². The first-order valence-corrected chi connectivity index (χ1v) is 7.19. The number of hydrogen-bond donors (Lipinski definition) is 0. The standard InChI is InChI=1S/C10H18O6P.Na/c1-10(2)15-7-6(4-5-17(11)12)14-9(13-3)8(7)16-10;/h6-9,17H,4-5H2,1-3H3;/q-1;+1/t6-,7-,8-,9-;/m1./s1. The van der Waals surface area contributed by atoms with Gasteiger partial charge in [0.2, 0.25) is 0 Å². The van der Waals surface area contributed by atoms with Crippen LogP contribution in [0.4, 0.5) is 0 Å². The molecule has 6 nitrogen and oxygen atoms in total. The van der Waals surface area contributed by atoms with E-state index in [1.54, 1.807) is 0 Å². The summed E-state index contributed by atoms with van der Waals surface area (Å²) in [5, 5.41) is 0. The summed E-state index contributed by atoms with van der Waals surface area (Å²) in [4.78, 5) is 21.3. The molecule has 4 atom stereocenters.